The molecule has 1 aromatic carbocycles. The number of hydrogen-bond donors (Lipinski definition) is 3. The van der Waals surface area contributed by atoms with Gasteiger partial charge in [0.2, 0.25) is 10.0 Å². The van der Waals surface area contributed by atoms with Gasteiger partial charge in [-0.3, -0.25) is 0 Å². The molecule has 0 bridgehead atoms. The maximum Gasteiger partial charge on any atom is 0.317 e. The van der Waals surface area contributed by atoms with Crippen molar-refractivity contribution in [3.8, 4) is 5.75 Å². The van der Waals surface area contributed by atoms with E-state index in [0.29, 0.717) is 44.5 Å². The van der Waals surface area contributed by atoms with E-state index in [4.69, 9.17) is 4.74 Å². The van der Waals surface area contributed by atoms with Crippen LogP contribution in [0.2, 0.25) is 0 Å². The zero-order valence-electron chi connectivity index (χ0n) is 22.7. The molecule has 2 saturated carbocycles. The molecule has 3 N–H and O–H groups in total. The summed E-state index contributed by atoms with van der Waals surface area (Å²) in [6.07, 6.45) is 9.79. The number of aliphatic hydroxyl groups excluding tert-OH is 1. The SMILES string of the molecule is CN1CC(O)CNS(=O)(=O)c2ccc(C3CCCC3)cc2OCC2(CCN(C(=O)NC3CCCC3)CC2)C1. The van der Waals surface area contributed by atoms with E-state index in [1.807, 2.05) is 24.1 Å². The number of ether oxygens (including phenoxy) is 1. The largest absolute Gasteiger partial charge is 0.492 e. The Morgan fingerprint density at radius 1 is 1.11 bits per heavy atom. The van der Waals surface area contributed by atoms with Crippen molar-refractivity contribution >= 4 is 16.1 Å². The fourth-order valence-corrected chi connectivity index (χ4v) is 8.01. The van der Waals surface area contributed by atoms with Gasteiger partial charge < -0.3 is 25.0 Å². The number of β-amino-alcohol motifs (C(OH)–C–C–N with tert-alkyl or cyclic N) is 1. The summed E-state index contributed by atoms with van der Waals surface area (Å²) in [5.74, 6) is 0.824. The zero-order valence-corrected chi connectivity index (χ0v) is 23.5. The molecule has 1 saturated heterocycles. The standard InChI is InChI=1S/C28H44N4O5S/c1-31-18-24(33)17-29-38(35,36)26-11-10-22(21-6-2-3-7-21)16-25(26)37-20-28(19-31)12-14-32(15-13-28)27(34)30-23-8-4-5-9-23/h10-11,16,21,23-24,29,33H,2-9,12-15,17-20H2,1H3,(H,30,34). The monoisotopic (exact) mass is 548 g/mol. The number of nitrogens with zero attached hydrogens (tertiary/aromatic N) is 2. The first-order valence-corrected chi connectivity index (χ1v) is 15.9. The average Bonchev–Trinajstić information content (AvgIpc) is 3.61. The number of urea groups is 1. The number of carbonyl (C=O) groups excluding carboxylic acids is 1. The lowest BCUT2D eigenvalue weighted by molar-refractivity contribution is 0.0240. The van der Waals surface area contributed by atoms with Crippen molar-refractivity contribution in [1.82, 2.24) is 19.8 Å². The van der Waals surface area contributed by atoms with Crippen LogP contribution in [0.1, 0.15) is 75.7 Å². The van der Waals surface area contributed by atoms with Crippen molar-refractivity contribution in [3.63, 3.8) is 0 Å². The molecule has 1 unspecified atom stereocenters. The summed E-state index contributed by atoms with van der Waals surface area (Å²) < 4.78 is 35.5. The number of hydrogen-bond acceptors (Lipinski definition) is 6. The van der Waals surface area contributed by atoms with Gasteiger partial charge in [-0.2, -0.15) is 0 Å². The van der Waals surface area contributed by atoms with Crippen molar-refractivity contribution in [2.45, 2.75) is 87.2 Å². The molecule has 38 heavy (non-hydrogen) atoms. The second-order valence-corrected chi connectivity index (χ2v) is 13.8. The van der Waals surface area contributed by atoms with Gasteiger partial charge in [-0.05, 0) is 69.2 Å². The zero-order chi connectivity index (χ0) is 26.8. The third-order valence-electron chi connectivity index (χ3n) is 9.05. The van der Waals surface area contributed by atoms with Gasteiger partial charge in [-0.15, -0.1) is 0 Å². The van der Waals surface area contributed by atoms with Crippen molar-refractivity contribution in [1.29, 1.82) is 0 Å². The third-order valence-corrected chi connectivity index (χ3v) is 10.5. The maximum atomic E-state index is 13.2. The van der Waals surface area contributed by atoms with Crippen LogP contribution in [-0.2, 0) is 10.0 Å². The summed E-state index contributed by atoms with van der Waals surface area (Å²) in [7, 11) is -1.89. The van der Waals surface area contributed by atoms with Crippen molar-refractivity contribution < 1.29 is 23.1 Å². The van der Waals surface area contributed by atoms with E-state index in [9.17, 15) is 18.3 Å². The number of amides is 2. The highest BCUT2D eigenvalue weighted by Gasteiger charge is 2.39. The molecule has 2 aliphatic heterocycles. The number of benzene rings is 1. The molecule has 1 spiro atoms. The summed E-state index contributed by atoms with van der Waals surface area (Å²) in [6, 6.07) is 5.82. The Hall–Kier alpha value is -1.88. The van der Waals surface area contributed by atoms with Gasteiger partial charge >= 0.3 is 6.03 Å². The molecule has 10 heteroatoms. The van der Waals surface area contributed by atoms with Gasteiger partial charge in [0, 0.05) is 44.2 Å². The maximum absolute atomic E-state index is 13.2. The third kappa shape index (κ3) is 6.46. The number of piperidine rings is 1. The van der Waals surface area contributed by atoms with Gasteiger partial charge in [-0.25, -0.2) is 17.9 Å². The fourth-order valence-electron chi connectivity index (χ4n) is 6.82. The number of sulfonamides is 1. The average molecular weight is 549 g/mol. The van der Waals surface area contributed by atoms with Crippen LogP contribution in [0.15, 0.2) is 23.1 Å². The quantitative estimate of drug-likeness (QED) is 0.524. The highest BCUT2D eigenvalue weighted by Crippen LogP contribution is 2.39. The predicted molar refractivity (Wildman–Crippen MR) is 146 cm³/mol. The second-order valence-electron chi connectivity index (χ2n) is 12.1. The molecule has 1 atom stereocenters. The van der Waals surface area contributed by atoms with Crippen LogP contribution in [0.3, 0.4) is 0 Å². The number of carbonyl (C=O) groups is 1. The normalized spacial score (nSPS) is 27.3. The Morgan fingerprint density at radius 2 is 1.79 bits per heavy atom. The number of nitrogens with one attached hydrogen (secondary N) is 2. The topological polar surface area (TPSA) is 111 Å². The Kier molecular flexibility index (Phi) is 8.52. The lowest BCUT2D eigenvalue weighted by Gasteiger charge is -2.44. The molecular weight excluding hydrogens is 504 g/mol. The number of likely N-dealkylation sites (tertiary alicyclic amines) is 1. The van der Waals surface area contributed by atoms with E-state index in [0.717, 1.165) is 44.1 Å². The van der Waals surface area contributed by atoms with Gasteiger partial charge in [0.1, 0.15) is 10.6 Å². The van der Waals surface area contributed by atoms with Crippen LogP contribution in [0.4, 0.5) is 4.79 Å². The minimum absolute atomic E-state index is 0.0216. The van der Waals surface area contributed by atoms with E-state index in [1.54, 1.807) is 6.07 Å². The molecular formula is C28H44N4O5S. The molecule has 212 valence electrons. The van der Waals surface area contributed by atoms with E-state index in [1.165, 1.54) is 25.7 Å². The molecule has 3 fully saturated rings. The molecule has 4 aliphatic rings. The molecule has 5 rings (SSSR count). The highest BCUT2D eigenvalue weighted by atomic mass is 32.2. The molecule has 0 radical (unpaired) electrons. The highest BCUT2D eigenvalue weighted by molar-refractivity contribution is 7.89. The lowest BCUT2D eigenvalue weighted by atomic mass is 9.78. The van der Waals surface area contributed by atoms with E-state index in [-0.39, 0.29) is 28.9 Å². The first-order chi connectivity index (χ1) is 18.2. The van der Waals surface area contributed by atoms with Crippen LogP contribution >= 0.6 is 0 Å². The summed E-state index contributed by atoms with van der Waals surface area (Å²) >= 11 is 0. The lowest BCUT2D eigenvalue weighted by Crippen LogP contribution is -2.54. The number of rotatable bonds is 2. The Morgan fingerprint density at radius 3 is 2.50 bits per heavy atom. The molecule has 0 aromatic heterocycles. The van der Waals surface area contributed by atoms with Gasteiger partial charge in [0.15, 0.2) is 0 Å². The second kappa shape index (κ2) is 11.7. The van der Waals surface area contributed by atoms with Crippen LogP contribution in [0.25, 0.3) is 0 Å². The van der Waals surface area contributed by atoms with Gasteiger partial charge in [0.25, 0.3) is 0 Å². The van der Waals surface area contributed by atoms with E-state index in [2.05, 4.69) is 14.9 Å². The Bertz CT molecular complexity index is 1080. The molecule has 1 aromatic rings. The number of likely N-dealkylation sites (N-methyl/N-ethyl adjacent to an activating group) is 1. The molecule has 2 heterocycles. The molecule has 2 amide bonds. The molecule has 9 nitrogen and oxygen atoms in total. The fraction of sp³-hybridized carbons (Fsp3) is 0.750. The summed E-state index contributed by atoms with van der Waals surface area (Å²) in [6.45, 7) is 2.62. The predicted octanol–water partition coefficient (Wildman–Crippen LogP) is 3.04. The van der Waals surface area contributed by atoms with Crippen molar-refractivity contribution in [3.05, 3.63) is 23.8 Å². The smallest absolute Gasteiger partial charge is 0.317 e. The minimum atomic E-state index is -3.85. The number of fused-ring (bicyclic) bond motifs is 1. The van der Waals surface area contributed by atoms with Crippen molar-refractivity contribution in [2.75, 3.05) is 46.4 Å². The first-order valence-electron chi connectivity index (χ1n) is 14.4. The Balaban J connectivity index is 1.37. The molecule has 2 aliphatic carbocycles. The van der Waals surface area contributed by atoms with Crippen molar-refractivity contribution in [2.24, 2.45) is 5.41 Å². The Labute approximate surface area is 227 Å². The van der Waals surface area contributed by atoms with Crippen LogP contribution < -0.4 is 14.8 Å². The van der Waals surface area contributed by atoms with Crippen LogP contribution in [0.5, 0.6) is 5.75 Å². The van der Waals surface area contributed by atoms with Gasteiger partial charge in [-0.1, -0.05) is 31.7 Å². The summed E-state index contributed by atoms with van der Waals surface area (Å²) in [4.78, 5) is 17.0. The number of aliphatic hydroxyl groups is 1. The van der Waals surface area contributed by atoms with E-state index >= 15 is 0 Å². The summed E-state index contributed by atoms with van der Waals surface area (Å²) in [5, 5.41) is 13.8. The minimum Gasteiger partial charge on any atom is -0.492 e. The van der Waals surface area contributed by atoms with Crippen LogP contribution in [-0.4, -0.2) is 87.9 Å². The van der Waals surface area contributed by atoms with Gasteiger partial charge in [0.05, 0.1) is 12.7 Å². The van der Waals surface area contributed by atoms with Crippen LogP contribution in [0, 0.1) is 5.41 Å². The van der Waals surface area contributed by atoms with E-state index < -0.39 is 16.1 Å². The summed E-state index contributed by atoms with van der Waals surface area (Å²) in [5.41, 5.74) is 0.878. The first kappa shape index (κ1) is 27.7.